The van der Waals surface area contributed by atoms with Crippen LogP contribution in [0.15, 0.2) is 28.9 Å². The maximum atomic E-state index is 6.84. The molecule has 0 bridgehead atoms. The van der Waals surface area contributed by atoms with E-state index in [0.717, 1.165) is 12.0 Å². The monoisotopic (exact) mass is 318 g/mol. The van der Waals surface area contributed by atoms with E-state index in [-0.39, 0.29) is 10.6 Å². The molecule has 2 aromatic rings. The molecule has 0 aliphatic heterocycles. The topological polar surface area (TPSA) is 22.4 Å². The summed E-state index contributed by atoms with van der Waals surface area (Å²) >= 11 is 0. The van der Waals surface area contributed by atoms with Crippen LogP contribution in [0.5, 0.6) is 0 Å². The highest BCUT2D eigenvalue weighted by Crippen LogP contribution is 2.44. The molecule has 1 aromatic heterocycles. The molecule has 0 fully saturated rings. The predicted molar refractivity (Wildman–Crippen MR) is 96.9 cm³/mol. The van der Waals surface area contributed by atoms with Gasteiger partial charge < -0.3 is 8.84 Å². The van der Waals surface area contributed by atoms with Crippen molar-refractivity contribution in [2.75, 3.05) is 0 Å². The Morgan fingerprint density at radius 1 is 1.09 bits per heavy atom. The number of rotatable bonds is 4. The lowest BCUT2D eigenvalue weighted by Gasteiger charge is -2.44. The van der Waals surface area contributed by atoms with Crippen molar-refractivity contribution >= 4 is 19.3 Å². The number of fused-ring (bicyclic) bond motifs is 1. The molecule has 3 heteroatoms. The average molecular weight is 319 g/mol. The molecule has 1 unspecified atom stereocenters. The first-order chi connectivity index (χ1) is 10.0. The zero-order valence-corrected chi connectivity index (χ0v) is 16.3. The summed E-state index contributed by atoms with van der Waals surface area (Å²) in [7, 11) is -1.86. The van der Waals surface area contributed by atoms with Gasteiger partial charge in [-0.1, -0.05) is 39.8 Å². The fourth-order valence-corrected chi connectivity index (χ4v) is 4.38. The standard InChI is InChI=1S/C19H30O2Si/c1-9-19(6,21-22(7,8)18(3,4)5)16-11-10-14(2)17-15(16)12-13-20-17/h10-13H,9H2,1-8H3. The molecule has 2 rings (SSSR count). The van der Waals surface area contributed by atoms with Crippen LogP contribution in [0.3, 0.4) is 0 Å². The van der Waals surface area contributed by atoms with Gasteiger partial charge in [-0.3, -0.25) is 0 Å². The van der Waals surface area contributed by atoms with Crippen molar-refractivity contribution in [3.63, 3.8) is 0 Å². The van der Waals surface area contributed by atoms with E-state index < -0.39 is 8.32 Å². The Morgan fingerprint density at radius 2 is 1.73 bits per heavy atom. The average Bonchev–Trinajstić information content (AvgIpc) is 2.87. The zero-order valence-electron chi connectivity index (χ0n) is 15.3. The molecule has 0 amide bonds. The Morgan fingerprint density at radius 3 is 2.27 bits per heavy atom. The minimum atomic E-state index is -1.86. The SMILES string of the molecule is CCC(C)(O[Si](C)(C)C(C)(C)C)c1ccc(C)c2occc12. The van der Waals surface area contributed by atoms with Crippen LogP contribution in [0, 0.1) is 6.92 Å². The first-order valence-electron chi connectivity index (χ1n) is 8.19. The molecule has 0 spiro atoms. The predicted octanol–water partition coefficient (Wildman–Crippen LogP) is 6.39. The van der Waals surface area contributed by atoms with E-state index in [9.17, 15) is 0 Å². The first kappa shape index (κ1) is 17.3. The van der Waals surface area contributed by atoms with E-state index in [4.69, 9.17) is 8.84 Å². The summed E-state index contributed by atoms with van der Waals surface area (Å²) in [5.41, 5.74) is 3.12. The minimum Gasteiger partial charge on any atom is -0.464 e. The van der Waals surface area contributed by atoms with Crippen molar-refractivity contribution in [2.45, 2.75) is 71.7 Å². The van der Waals surface area contributed by atoms with E-state index in [0.29, 0.717) is 0 Å². The Balaban J connectivity index is 2.54. The quantitative estimate of drug-likeness (QED) is 0.609. The van der Waals surface area contributed by atoms with Crippen LogP contribution in [-0.2, 0) is 10.0 Å². The maximum Gasteiger partial charge on any atom is 0.193 e. The summed E-state index contributed by atoms with van der Waals surface area (Å²) in [6.07, 6.45) is 2.73. The van der Waals surface area contributed by atoms with Gasteiger partial charge in [-0.2, -0.15) is 0 Å². The van der Waals surface area contributed by atoms with E-state index >= 15 is 0 Å². The number of furan rings is 1. The van der Waals surface area contributed by atoms with Gasteiger partial charge in [0.25, 0.3) is 0 Å². The number of hydrogen-bond acceptors (Lipinski definition) is 2. The molecule has 1 atom stereocenters. The van der Waals surface area contributed by atoms with E-state index in [1.807, 2.05) is 0 Å². The van der Waals surface area contributed by atoms with Crippen molar-refractivity contribution in [2.24, 2.45) is 0 Å². The van der Waals surface area contributed by atoms with Crippen molar-refractivity contribution < 1.29 is 8.84 Å². The van der Waals surface area contributed by atoms with Gasteiger partial charge in [0.15, 0.2) is 8.32 Å². The molecular formula is C19H30O2Si. The third-order valence-corrected chi connectivity index (χ3v) is 9.92. The van der Waals surface area contributed by atoms with Crippen molar-refractivity contribution in [3.05, 3.63) is 35.6 Å². The molecule has 0 radical (unpaired) electrons. The van der Waals surface area contributed by atoms with Gasteiger partial charge in [0.2, 0.25) is 0 Å². The highest BCUT2D eigenvalue weighted by molar-refractivity contribution is 6.74. The van der Waals surface area contributed by atoms with E-state index in [1.165, 1.54) is 16.5 Å². The number of aryl methyl sites for hydroxylation is 1. The number of hydrogen-bond donors (Lipinski definition) is 0. The molecule has 22 heavy (non-hydrogen) atoms. The third-order valence-electron chi connectivity index (χ3n) is 5.34. The third kappa shape index (κ3) is 2.89. The lowest BCUT2D eigenvalue weighted by atomic mass is 9.90. The van der Waals surface area contributed by atoms with Crippen LogP contribution in [0.2, 0.25) is 18.1 Å². The van der Waals surface area contributed by atoms with Crippen LogP contribution in [-0.4, -0.2) is 8.32 Å². The Kier molecular flexibility index (Phi) is 4.35. The molecule has 1 aromatic carbocycles. The van der Waals surface area contributed by atoms with Crippen LogP contribution in [0.25, 0.3) is 11.0 Å². The van der Waals surface area contributed by atoms with Crippen molar-refractivity contribution in [1.82, 2.24) is 0 Å². The lowest BCUT2D eigenvalue weighted by Crippen LogP contribution is -2.47. The Labute approximate surface area is 136 Å². The largest absolute Gasteiger partial charge is 0.464 e. The molecule has 0 saturated carbocycles. The molecular weight excluding hydrogens is 288 g/mol. The smallest absolute Gasteiger partial charge is 0.193 e. The number of benzene rings is 1. The highest BCUT2D eigenvalue weighted by atomic mass is 28.4. The summed E-state index contributed by atoms with van der Waals surface area (Å²) in [6.45, 7) is 18.0. The molecule has 0 N–H and O–H groups in total. The molecule has 0 aliphatic rings. The summed E-state index contributed by atoms with van der Waals surface area (Å²) in [5.74, 6) is 0. The van der Waals surface area contributed by atoms with Gasteiger partial charge in [0, 0.05) is 5.39 Å². The zero-order chi connectivity index (χ0) is 16.8. The van der Waals surface area contributed by atoms with Gasteiger partial charge in [0.05, 0.1) is 11.9 Å². The highest BCUT2D eigenvalue weighted by Gasteiger charge is 2.43. The van der Waals surface area contributed by atoms with Gasteiger partial charge >= 0.3 is 0 Å². The second kappa shape index (κ2) is 5.54. The Hall–Kier alpha value is -1.06. The maximum absolute atomic E-state index is 6.84. The summed E-state index contributed by atoms with van der Waals surface area (Å²) in [4.78, 5) is 0. The van der Waals surface area contributed by atoms with Crippen molar-refractivity contribution in [1.29, 1.82) is 0 Å². The van der Waals surface area contributed by atoms with Gasteiger partial charge in [0.1, 0.15) is 5.58 Å². The molecule has 122 valence electrons. The minimum absolute atomic E-state index is 0.198. The van der Waals surface area contributed by atoms with Gasteiger partial charge in [-0.25, -0.2) is 0 Å². The summed E-state index contributed by atoms with van der Waals surface area (Å²) in [6, 6.07) is 6.43. The fraction of sp³-hybridized carbons (Fsp3) is 0.579. The molecule has 0 aliphatic carbocycles. The molecule has 1 heterocycles. The second-order valence-electron chi connectivity index (χ2n) is 8.04. The van der Waals surface area contributed by atoms with Crippen molar-refractivity contribution in [3.8, 4) is 0 Å². The van der Waals surface area contributed by atoms with E-state index in [2.05, 4.69) is 72.8 Å². The Bertz CT molecular complexity index is 664. The lowest BCUT2D eigenvalue weighted by molar-refractivity contribution is 0.0669. The summed E-state index contributed by atoms with van der Waals surface area (Å²) in [5, 5.41) is 1.38. The van der Waals surface area contributed by atoms with Gasteiger partial charge in [-0.05, 0) is 55.6 Å². The van der Waals surface area contributed by atoms with Crippen LogP contribution in [0.4, 0.5) is 0 Å². The first-order valence-corrected chi connectivity index (χ1v) is 11.1. The van der Waals surface area contributed by atoms with Crippen LogP contribution in [0.1, 0.15) is 52.2 Å². The normalized spacial score (nSPS) is 16.0. The summed E-state index contributed by atoms with van der Waals surface area (Å²) < 4.78 is 12.5. The molecule has 0 saturated heterocycles. The van der Waals surface area contributed by atoms with Gasteiger partial charge in [-0.15, -0.1) is 0 Å². The second-order valence-corrected chi connectivity index (χ2v) is 12.8. The van der Waals surface area contributed by atoms with Crippen LogP contribution < -0.4 is 0 Å². The molecule has 2 nitrogen and oxygen atoms in total. The van der Waals surface area contributed by atoms with Crippen LogP contribution >= 0.6 is 0 Å². The van der Waals surface area contributed by atoms with E-state index in [1.54, 1.807) is 6.26 Å². The fourth-order valence-electron chi connectivity index (χ4n) is 2.70.